The van der Waals surface area contributed by atoms with Crippen LogP contribution < -0.4 is 10.5 Å². The fraction of sp³-hybridized carbons (Fsp3) is 0.533. The average molecular weight is 380 g/mol. The fourth-order valence-corrected chi connectivity index (χ4v) is 3.94. The van der Waals surface area contributed by atoms with Crippen molar-refractivity contribution in [2.75, 3.05) is 19.6 Å². The van der Waals surface area contributed by atoms with E-state index in [4.69, 9.17) is 5.73 Å². The van der Waals surface area contributed by atoms with E-state index in [-0.39, 0.29) is 23.7 Å². The van der Waals surface area contributed by atoms with Crippen LogP contribution in [0.2, 0.25) is 0 Å². The third-order valence-corrected chi connectivity index (χ3v) is 5.76. The van der Waals surface area contributed by atoms with Gasteiger partial charge < -0.3 is 10.6 Å². The van der Waals surface area contributed by atoms with Gasteiger partial charge in [-0.2, -0.15) is 4.72 Å². The first kappa shape index (κ1) is 20.8. The van der Waals surface area contributed by atoms with Crippen LogP contribution in [0, 0.1) is 11.2 Å². The second-order valence-electron chi connectivity index (χ2n) is 6.30. The summed E-state index contributed by atoms with van der Waals surface area (Å²) >= 11 is 0. The lowest BCUT2D eigenvalue weighted by atomic mass is 9.90. The van der Waals surface area contributed by atoms with Crippen molar-refractivity contribution in [2.45, 2.75) is 31.2 Å². The Hall–Kier alpha value is -1.22. The number of sulfonamides is 1. The van der Waals surface area contributed by atoms with E-state index in [2.05, 4.69) is 4.72 Å². The highest BCUT2D eigenvalue weighted by molar-refractivity contribution is 7.89. The number of amides is 1. The van der Waals surface area contributed by atoms with Gasteiger partial charge in [-0.25, -0.2) is 12.8 Å². The SMILES string of the molecule is CC(NS(=O)(=O)c1ccccc1F)C(=O)N1CCC(C)(CN)C1.Cl. The van der Waals surface area contributed by atoms with Gasteiger partial charge in [0.15, 0.2) is 0 Å². The molecule has 2 rings (SSSR count). The van der Waals surface area contributed by atoms with E-state index in [9.17, 15) is 17.6 Å². The minimum absolute atomic E-state index is 0. The first-order chi connectivity index (χ1) is 10.7. The molecule has 0 radical (unpaired) electrons. The lowest BCUT2D eigenvalue weighted by Crippen LogP contribution is -2.47. The highest BCUT2D eigenvalue weighted by atomic mass is 35.5. The van der Waals surface area contributed by atoms with Crippen LogP contribution in [-0.4, -0.2) is 44.9 Å². The quantitative estimate of drug-likeness (QED) is 0.801. The van der Waals surface area contributed by atoms with E-state index in [1.807, 2.05) is 6.92 Å². The number of likely N-dealkylation sites (tertiary alicyclic amines) is 1. The van der Waals surface area contributed by atoms with Crippen LogP contribution in [0.3, 0.4) is 0 Å². The molecule has 0 aliphatic carbocycles. The zero-order valence-corrected chi connectivity index (χ0v) is 15.3. The molecule has 1 aliphatic heterocycles. The van der Waals surface area contributed by atoms with Crippen molar-refractivity contribution in [1.29, 1.82) is 0 Å². The number of nitrogens with one attached hydrogen (secondary N) is 1. The Bertz CT molecular complexity index is 701. The summed E-state index contributed by atoms with van der Waals surface area (Å²) in [5.74, 6) is -1.18. The molecule has 136 valence electrons. The van der Waals surface area contributed by atoms with E-state index < -0.39 is 26.8 Å². The third-order valence-electron chi connectivity index (χ3n) is 4.19. The monoisotopic (exact) mass is 379 g/mol. The standard InChI is InChI=1S/C15H22FN3O3S.ClH/c1-11(14(20)19-8-7-15(2,9-17)10-19)18-23(21,22)13-6-4-3-5-12(13)16;/h3-6,11,18H,7-10,17H2,1-2H3;1H. The number of carbonyl (C=O) groups excluding carboxylic acids is 1. The van der Waals surface area contributed by atoms with Crippen LogP contribution in [0.1, 0.15) is 20.3 Å². The summed E-state index contributed by atoms with van der Waals surface area (Å²) in [5, 5.41) is 0. The first-order valence-corrected chi connectivity index (χ1v) is 8.92. The Balaban J connectivity index is 0.00000288. The van der Waals surface area contributed by atoms with Crippen LogP contribution in [0.25, 0.3) is 0 Å². The summed E-state index contributed by atoms with van der Waals surface area (Å²) in [4.78, 5) is 13.5. The van der Waals surface area contributed by atoms with Crippen molar-refractivity contribution < 1.29 is 17.6 Å². The van der Waals surface area contributed by atoms with Gasteiger partial charge in [0.05, 0.1) is 6.04 Å². The third kappa shape index (κ3) is 4.44. The zero-order valence-electron chi connectivity index (χ0n) is 13.7. The normalized spacial score (nSPS) is 22.1. The Morgan fingerprint density at radius 2 is 2.08 bits per heavy atom. The molecule has 1 fully saturated rings. The second kappa shape index (κ2) is 7.77. The van der Waals surface area contributed by atoms with E-state index in [0.29, 0.717) is 19.6 Å². The van der Waals surface area contributed by atoms with Crippen LogP contribution in [0.4, 0.5) is 4.39 Å². The number of halogens is 2. The van der Waals surface area contributed by atoms with Gasteiger partial charge in [0, 0.05) is 13.1 Å². The van der Waals surface area contributed by atoms with Crippen LogP contribution in [0.5, 0.6) is 0 Å². The highest BCUT2D eigenvalue weighted by Crippen LogP contribution is 2.28. The van der Waals surface area contributed by atoms with Crippen LogP contribution in [0.15, 0.2) is 29.2 Å². The van der Waals surface area contributed by atoms with E-state index in [0.717, 1.165) is 18.6 Å². The van der Waals surface area contributed by atoms with Gasteiger partial charge in [-0.1, -0.05) is 19.1 Å². The maximum atomic E-state index is 13.7. The van der Waals surface area contributed by atoms with Crippen molar-refractivity contribution in [3.8, 4) is 0 Å². The number of carbonyl (C=O) groups is 1. The Morgan fingerprint density at radius 3 is 2.62 bits per heavy atom. The molecule has 1 aromatic carbocycles. The summed E-state index contributed by atoms with van der Waals surface area (Å²) in [5.41, 5.74) is 5.57. The minimum atomic E-state index is -4.10. The Morgan fingerprint density at radius 1 is 1.46 bits per heavy atom. The van der Waals surface area contributed by atoms with Crippen molar-refractivity contribution in [1.82, 2.24) is 9.62 Å². The molecule has 1 aromatic rings. The van der Waals surface area contributed by atoms with Crippen molar-refractivity contribution >= 4 is 28.3 Å². The van der Waals surface area contributed by atoms with Gasteiger partial charge in [-0.15, -0.1) is 12.4 Å². The summed E-state index contributed by atoms with van der Waals surface area (Å²) in [6, 6.07) is 4.09. The number of nitrogens with two attached hydrogens (primary N) is 1. The van der Waals surface area contributed by atoms with Gasteiger partial charge in [-0.3, -0.25) is 4.79 Å². The molecule has 6 nitrogen and oxygen atoms in total. The maximum Gasteiger partial charge on any atom is 0.244 e. The topological polar surface area (TPSA) is 92.5 Å². The lowest BCUT2D eigenvalue weighted by Gasteiger charge is -2.25. The lowest BCUT2D eigenvalue weighted by molar-refractivity contribution is -0.131. The van der Waals surface area contributed by atoms with E-state index in [1.165, 1.54) is 19.1 Å². The van der Waals surface area contributed by atoms with Crippen molar-refractivity contribution in [3.05, 3.63) is 30.1 Å². The predicted octanol–water partition coefficient (Wildman–Crippen LogP) is 1.11. The summed E-state index contributed by atoms with van der Waals surface area (Å²) in [7, 11) is -4.10. The van der Waals surface area contributed by atoms with Gasteiger partial charge in [0.1, 0.15) is 10.7 Å². The molecule has 3 N–H and O–H groups in total. The van der Waals surface area contributed by atoms with Crippen molar-refractivity contribution in [3.63, 3.8) is 0 Å². The molecule has 0 bridgehead atoms. The average Bonchev–Trinajstić information content (AvgIpc) is 2.89. The Kier molecular flexibility index (Phi) is 6.75. The van der Waals surface area contributed by atoms with Crippen LogP contribution in [-0.2, 0) is 14.8 Å². The second-order valence-corrected chi connectivity index (χ2v) is 7.98. The van der Waals surface area contributed by atoms with E-state index >= 15 is 0 Å². The number of hydrogen-bond donors (Lipinski definition) is 2. The number of nitrogens with zero attached hydrogens (tertiary/aromatic N) is 1. The predicted molar refractivity (Wildman–Crippen MR) is 91.8 cm³/mol. The smallest absolute Gasteiger partial charge is 0.244 e. The molecule has 0 spiro atoms. The Labute approximate surface area is 148 Å². The molecule has 1 heterocycles. The summed E-state index contributed by atoms with van der Waals surface area (Å²) < 4.78 is 40.4. The molecular formula is C15H23ClFN3O3S. The van der Waals surface area contributed by atoms with Gasteiger partial charge in [-0.05, 0) is 37.4 Å². The van der Waals surface area contributed by atoms with Gasteiger partial charge in [0.25, 0.3) is 0 Å². The molecule has 0 aromatic heterocycles. The van der Waals surface area contributed by atoms with Gasteiger partial charge in [0.2, 0.25) is 15.9 Å². The molecule has 9 heteroatoms. The maximum absolute atomic E-state index is 13.7. The van der Waals surface area contributed by atoms with Crippen molar-refractivity contribution in [2.24, 2.45) is 11.1 Å². The summed E-state index contributed by atoms with van der Waals surface area (Å²) in [6.45, 7) is 4.95. The fourth-order valence-electron chi connectivity index (χ4n) is 2.66. The number of hydrogen-bond acceptors (Lipinski definition) is 4. The number of benzene rings is 1. The van der Waals surface area contributed by atoms with Gasteiger partial charge >= 0.3 is 0 Å². The van der Waals surface area contributed by atoms with E-state index in [1.54, 1.807) is 4.90 Å². The molecule has 1 saturated heterocycles. The van der Waals surface area contributed by atoms with Crippen LogP contribution >= 0.6 is 12.4 Å². The zero-order chi connectivity index (χ0) is 17.3. The number of rotatable bonds is 5. The molecule has 2 atom stereocenters. The molecule has 2 unspecified atom stereocenters. The molecule has 24 heavy (non-hydrogen) atoms. The molecular weight excluding hydrogens is 357 g/mol. The molecule has 1 aliphatic rings. The summed E-state index contributed by atoms with van der Waals surface area (Å²) in [6.07, 6.45) is 0.780. The largest absolute Gasteiger partial charge is 0.341 e. The first-order valence-electron chi connectivity index (χ1n) is 7.44. The minimum Gasteiger partial charge on any atom is -0.341 e. The molecule has 0 saturated carbocycles. The highest BCUT2D eigenvalue weighted by Gasteiger charge is 2.37. The molecule has 1 amide bonds.